The standard InChI is InChI=1S/C4H6N2O4.ClH/c1-2-10-4(7)3(5)6(8)9;/h5H,2H2,1H3;1H. The second-order valence-electron chi connectivity index (χ2n) is 1.33. The molecular weight excluding hydrogens is 176 g/mol. The molecule has 7 heteroatoms. The maximum absolute atomic E-state index is 10.3. The van der Waals surface area contributed by atoms with E-state index in [-0.39, 0.29) is 19.0 Å². The van der Waals surface area contributed by atoms with Crippen molar-refractivity contribution in [2.45, 2.75) is 6.92 Å². The fraction of sp³-hybridized carbons (Fsp3) is 0.500. The summed E-state index contributed by atoms with van der Waals surface area (Å²) in [5.74, 6) is -2.44. The number of nitro groups is 1. The van der Waals surface area contributed by atoms with Crippen molar-refractivity contribution in [2.75, 3.05) is 6.61 Å². The maximum atomic E-state index is 10.3. The molecule has 0 unspecified atom stereocenters. The van der Waals surface area contributed by atoms with Crippen molar-refractivity contribution in [3.63, 3.8) is 0 Å². The highest BCUT2D eigenvalue weighted by Crippen LogP contribution is 1.81. The number of halogens is 1. The highest BCUT2D eigenvalue weighted by Gasteiger charge is 2.20. The normalized spacial score (nSPS) is 7.73. The third kappa shape index (κ3) is 4.26. The molecule has 0 aromatic heterocycles. The lowest BCUT2D eigenvalue weighted by atomic mass is 10.6. The number of nitrogens with zero attached hydrogens (tertiary/aromatic N) is 1. The number of hydrogen-bond acceptors (Lipinski definition) is 5. The van der Waals surface area contributed by atoms with E-state index in [9.17, 15) is 14.9 Å². The first kappa shape index (κ1) is 12.5. The molecule has 0 aromatic rings. The molecule has 0 rings (SSSR count). The van der Waals surface area contributed by atoms with Crippen molar-refractivity contribution in [1.82, 2.24) is 0 Å². The van der Waals surface area contributed by atoms with Crippen LogP contribution in [-0.2, 0) is 9.53 Å². The lowest BCUT2D eigenvalue weighted by Crippen LogP contribution is -2.23. The molecule has 0 bridgehead atoms. The molecule has 11 heavy (non-hydrogen) atoms. The Labute approximate surface area is 68.6 Å². The van der Waals surface area contributed by atoms with E-state index >= 15 is 0 Å². The van der Waals surface area contributed by atoms with Crippen LogP contribution in [0.15, 0.2) is 0 Å². The van der Waals surface area contributed by atoms with Crippen molar-refractivity contribution in [3.05, 3.63) is 10.1 Å². The molecule has 0 aliphatic heterocycles. The molecular formula is C4H7ClN2O4. The van der Waals surface area contributed by atoms with Crippen molar-refractivity contribution in [1.29, 1.82) is 5.41 Å². The summed E-state index contributed by atoms with van der Waals surface area (Å²) in [6, 6.07) is 0. The molecule has 0 fully saturated rings. The van der Waals surface area contributed by atoms with Crippen LogP contribution >= 0.6 is 12.4 Å². The van der Waals surface area contributed by atoms with Gasteiger partial charge in [0.05, 0.1) is 6.61 Å². The van der Waals surface area contributed by atoms with Gasteiger partial charge >= 0.3 is 11.8 Å². The van der Waals surface area contributed by atoms with E-state index in [1.165, 1.54) is 6.92 Å². The zero-order chi connectivity index (χ0) is 8.15. The molecule has 0 spiro atoms. The van der Waals surface area contributed by atoms with E-state index in [1.54, 1.807) is 0 Å². The van der Waals surface area contributed by atoms with Crippen molar-refractivity contribution >= 4 is 24.2 Å². The summed E-state index contributed by atoms with van der Waals surface area (Å²) in [7, 11) is 0. The summed E-state index contributed by atoms with van der Waals surface area (Å²) >= 11 is 0. The highest BCUT2D eigenvalue weighted by molar-refractivity contribution is 6.30. The molecule has 0 heterocycles. The van der Waals surface area contributed by atoms with Crippen LogP contribution in [0.5, 0.6) is 0 Å². The Hall–Kier alpha value is -1.17. The van der Waals surface area contributed by atoms with Gasteiger partial charge in [-0.1, -0.05) is 5.41 Å². The van der Waals surface area contributed by atoms with Crippen LogP contribution in [0.1, 0.15) is 6.92 Å². The molecule has 0 atom stereocenters. The number of ether oxygens (including phenoxy) is 1. The van der Waals surface area contributed by atoms with Gasteiger partial charge in [-0.05, 0) is 11.8 Å². The molecule has 0 saturated carbocycles. The van der Waals surface area contributed by atoms with Gasteiger partial charge < -0.3 is 14.9 Å². The van der Waals surface area contributed by atoms with Crippen LogP contribution in [0.3, 0.4) is 0 Å². The molecule has 0 radical (unpaired) electrons. The first-order valence-corrected chi connectivity index (χ1v) is 2.49. The summed E-state index contributed by atoms with van der Waals surface area (Å²) in [5, 5.41) is 16.2. The first-order valence-electron chi connectivity index (χ1n) is 2.49. The Bertz CT molecular complexity index is 181. The fourth-order valence-electron chi connectivity index (χ4n) is 0.274. The minimum atomic E-state index is -1.23. The zero-order valence-electron chi connectivity index (χ0n) is 5.70. The minimum Gasteiger partial charge on any atom is -0.457 e. The SMILES string of the molecule is CCOC(=O)C(=N)[N+](=O)[O-].Cl. The van der Waals surface area contributed by atoms with Gasteiger partial charge in [0.1, 0.15) is 0 Å². The van der Waals surface area contributed by atoms with E-state index in [0.29, 0.717) is 0 Å². The van der Waals surface area contributed by atoms with E-state index < -0.39 is 16.7 Å². The Balaban J connectivity index is 0. The predicted octanol–water partition coefficient (Wildman–Crippen LogP) is 0.225. The van der Waals surface area contributed by atoms with Crippen LogP contribution in [0, 0.1) is 15.5 Å². The average molecular weight is 183 g/mol. The number of esters is 1. The van der Waals surface area contributed by atoms with Crippen LogP contribution in [0.4, 0.5) is 0 Å². The quantitative estimate of drug-likeness (QED) is 0.206. The molecule has 0 aromatic carbocycles. The Morgan fingerprint density at radius 2 is 2.18 bits per heavy atom. The Morgan fingerprint density at radius 1 is 1.73 bits per heavy atom. The molecule has 0 aliphatic rings. The molecule has 0 amide bonds. The van der Waals surface area contributed by atoms with Gasteiger partial charge in [0.15, 0.2) is 0 Å². The van der Waals surface area contributed by atoms with Gasteiger partial charge in [-0.2, -0.15) is 0 Å². The number of nitrogens with one attached hydrogen (secondary N) is 1. The van der Waals surface area contributed by atoms with Gasteiger partial charge in [-0.25, -0.2) is 4.79 Å². The summed E-state index contributed by atoms with van der Waals surface area (Å²) in [6.45, 7) is 1.54. The number of carbonyl (C=O) groups excluding carboxylic acids is 1. The Morgan fingerprint density at radius 3 is 2.45 bits per heavy atom. The summed E-state index contributed by atoms with van der Waals surface area (Å²) in [4.78, 5) is 18.9. The number of hydrogen-bond donors (Lipinski definition) is 1. The van der Waals surface area contributed by atoms with Gasteiger partial charge in [-0.15, -0.1) is 12.4 Å². The fourth-order valence-corrected chi connectivity index (χ4v) is 0.274. The second-order valence-corrected chi connectivity index (χ2v) is 1.33. The topological polar surface area (TPSA) is 93.3 Å². The van der Waals surface area contributed by atoms with Crippen molar-refractivity contribution < 1.29 is 14.5 Å². The van der Waals surface area contributed by atoms with Crippen LogP contribution < -0.4 is 0 Å². The van der Waals surface area contributed by atoms with E-state index in [2.05, 4.69) is 4.74 Å². The third-order valence-corrected chi connectivity index (χ3v) is 0.651. The number of rotatable bonds is 1. The molecule has 1 N–H and O–H groups in total. The highest BCUT2D eigenvalue weighted by atomic mass is 35.5. The monoisotopic (exact) mass is 182 g/mol. The number of carbonyl (C=O) groups is 1. The zero-order valence-corrected chi connectivity index (χ0v) is 6.51. The Kier molecular flexibility index (Phi) is 6.37. The van der Waals surface area contributed by atoms with Crippen LogP contribution in [0.2, 0.25) is 0 Å². The van der Waals surface area contributed by atoms with E-state index in [4.69, 9.17) is 5.41 Å². The third-order valence-electron chi connectivity index (χ3n) is 0.651. The smallest absolute Gasteiger partial charge is 0.442 e. The summed E-state index contributed by atoms with van der Waals surface area (Å²) < 4.78 is 4.16. The summed E-state index contributed by atoms with van der Waals surface area (Å²) in [5.41, 5.74) is 0. The molecule has 64 valence electrons. The van der Waals surface area contributed by atoms with Gasteiger partial charge in [0, 0.05) is 0 Å². The van der Waals surface area contributed by atoms with Crippen LogP contribution in [0.25, 0.3) is 0 Å². The number of amidine groups is 1. The largest absolute Gasteiger partial charge is 0.457 e. The van der Waals surface area contributed by atoms with Crippen molar-refractivity contribution in [2.24, 2.45) is 0 Å². The van der Waals surface area contributed by atoms with Gasteiger partial charge in [0.25, 0.3) is 0 Å². The van der Waals surface area contributed by atoms with Gasteiger partial charge in [0.2, 0.25) is 0 Å². The molecule has 0 aliphatic carbocycles. The second kappa shape index (κ2) is 5.60. The lowest BCUT2D eigenvalue weighted by Gasteiger charge is -1.95. The lowest BCUT2D eigenvalue weighted by molar-refractivity contribution is -0.352. The summed E-state index contributed by atoms with van der Waals surface area (Å²) in [6.07, 6.45) is 0. The van der Waals surface area contributed by atoms with E-state index in [0.717, 1.165) is 0 Å². The van der Waals surface area contributed by atoms with E-state index in [1.807, 2.05) is 0 Å². The predicted molar refractivity (Wildman–Crippen MR) is 38.6 cm³/mol. The first-order chi connectivity index (χ1) is 4.59. The maximum Gasteiger partial charge on any atom is 0.442 e. The van der Waals surface area contributed by atoms with Crippen LogP contribution in [-0.4, -0.2) is 23.3 Å². The molecule has 6 nitrogen and oxygen atoms in total. The molecule has 0 saturated heterocycles. The average Bonchev–Trinajstić information content (AvgIpc) is 1.87. The van der Waals surface area contributed by atoms with Gasteiger partial charge in [-0.3, -0.25) is 0 Å². The minimum absolute atomic E-state index is 0. The van der Waals surface area contributed by atoms with Crippen molar-refractivity contribution in [3.8, 4) is 0 Å².